The van der Waals surface area contributed by atoms with Crippen molar-refractivity contribution in [3.05, 3.63) is 139 Å². The number of benzene rings is 4. The summed E-state index contributed by atoms with van der Waals surface area (Å²) in [6, 6.07) is 35.0. The number of ketones is 1. The van der Waals surface area contributed by atoms with Gasteiger partial charge in [0.1, 0.15) is 12.0 Å². The molecule has 8 nitrogen and oxygen atoms in total. The smallest absolute Gasteiger partial charge is 0.356 e. The van der Waals surface area contributed by atoms with E-state index in [1.807, 2.05) is 112 Å². The lowest BCUT2D eigenvalue weighted by atomic mass is 9.79. The Labute approximate surface area is 314 Å². The Bertz CT molecular complexity index is 1910. The molecule has 53 heavy (non-hydrogen) atoms. The van der Waals surface area contributed by atoms with Crippen LogP contribution in [0.25, 0.3) is 0 Å². The normalized spacial score (nSPS) is 16.4. The highest BCUT2D eigenvalue weighted by molar-refractivity contribution is 7.96. The Hall–Kier alpha value is -4.82. The molecule has 1 fully saturated rings. The Morgan fingerprint density at radius 2 is 1.32 bits per heavy atom. The number of esters is 1. The van der Waals surface area contributed by atoms with Gasteiger partial charge < -0.3 is 19.4 Å². The maximum absolute atomic E-state index is 14.9. The first-order valence-corrected chi connectivity index (χ1v) is 23.2. The van der Waals surface area contributed by atoms with Crippen LogP contribution < -0.4 is 21.2 Å². The van der Waals surface area contributed by atoms with Crippen molar-refractivity contribution in [2.75, 3.05) is 6.61 Å². The first-order valence-electron chi connectivity index (χ1n) is 18.0. The van der Waals surface area contributed by atoms with E-state index in [1.54, 1.807) is 24.3 Å². The van der Waals surface area contributed by atoms with Crippen LogP contribution in [-0.2, 0) is 18.8 Å². The molecule has 1 aliphatic rings. The number of Topliss-reactive ketones (excluding diaryl/α,β-unsaturated/α-hetero) is 1. The molecule has 0 aromatic heterocycles. The number of nitrogens with one attached hydrogen (secondary N) is 1. The fourth-order valence-corrected chi connectivity index (χ4v) is 12.7. The van der Waals surface area contributed by atoms with Crippen LogP contribution in [0.2, 0.25) is 19.6 Å². The summed E-state index contributed by atoms with van der Waals surface area (Å²) in [4.78, 5) is 58.5. The van der Waals surface area contributed by atoms with Crippen LogP contribution in [-0.4, -0.2) is 67.0 Å². The van der Waals surface area contributed by atoms with E-state index in [9.17, 15) is 19.2 Å². The monoisotopic (exact) mass is 748 g/mol. The molecule has 3 unspecified atom stereocenters. The average molecular weight is 749 g/mol. The summed E-state index contributed by atoms with van der Waals surface area (Å²) in [6.07, 6.45) is 0.855. The van der Waals surface area contributed by atoms with Crippen LogP contribution in [0.3, 0.4) is 0 Å². The molecule has 1 heterocycles. The van der Waals surface area contributed by atoms with Crippen LogP contribution in [0.4, 0.5) is 0 Å². The lowest BCUT2D eigenvalue weighted by Gasteiger charge is -2.52. The van der Waals surface area contributed by atoms with Crippen LogP contribution >= 0.6 is 6.89 Å². The van der Waals surface area contributed by atoms with Crippen molar-refractivity contribution in [2.24, 2.45) is 5.92 Å². The number of amides is 2. The van der Waals surface area contributed by atoms with E-state index in [2.05, 4.69) is 31.5 Å². The van der Waals surface area contributed by atoms with Crippen molar-refractivity contribution in [2.45, 2.75) is 65.0 Å². The van der Waals surface area contributed by atoms with Crippen LogP contribution in [0.1, 0.15) is 47.9 Å². The molecule has 4 aromatic carbocycles. The predicted molar refractivity (Wildman–Crippen MR) is 217 cm³/mol. The van der Waals surface area contributed by atoms with E-state index in [0.717, 1.165) is 15.9 Å². The Morgan fingerprint density at radius 3 is 1.79 bits per heavy atom. The topological polar surface area (TPSA) is 102 Å². The number of carbonyl (C=O) groups is 4. The molecule has 1 aliphatic heterocycles. The van der Waals surface area contributed by atoms with Crippen LogP contribution in [0, 0.1) is 5.92 Å². The average Bonchev–Trinajstić information content (AvgIpc) is 3.13. The minimum Gasteiger partial charge on any atom is -0.457 e. The first-order chi connectivity index (χ1) is 25.3. The minimum atomic E-state index is -3.19. The van der Waals surface area contributed by atoms with E-state index >= 15 is 0 Å². The highest BCUT2D eigenvalue weighted by Gasteiger charge is 2.56. The molecular formula is C43H49N2O6PSi. The molecule has 1 saturated heterocycles. The number of likely N-dealkylation sites (tertiary alicyclic amines) is 1. The van der Waals surface area contributed by atoms with Crippen LogP contribution in [0.15, 0.2) is 128 Å². The van der Waals surface area contributed by atoms with Gasteiger partial charge in [0, 0.05) is 30.5 Å². The molecule has 4 aromatic rings. The van der Waals surface area contributed by atoms with E-state index in [-0.39, 0.29) is 42.1 Å². The van der Waals surface area contributed by atoms with Gasteiger partial charge in [-0.2, -0.15) is 0 Å². The molecular weight excluding hydrogens is 700 g/mol. The van der Waals surface area contributed by atoms with Crippen molar-refractivity contribution in [1.82, 2.24) is 10.2 Å². The fourth-order valence-electron chi connectivity index (χ4n) is 7.04. The lowest BCUT2D eigenvalue weighted by molar-refractivity contribution is -0.156. The molecule has 2 amide bonds. The number of nitrogens with zero attached hydrogens (tertiary/aromatic N) is 1. The number of ether oxygens (including phenoxy) is 1. The van der Waals surface area contributed by atoms with Crippen molar-refractivity contribution >= 4 is 60.1 Å². The van der Waals surface area contributed by atoms with E-state index in [0.29, 0.717) is 11.1 Å². The van der Waals surface area contributed by atoms with Gasteiger partial charge in [-0.1, -0.05) is 116 Å². The quantitative estimate of drug-likeness (QED) is 0.0382. The Balaban J connectivity index is 1.80. The lowest BCUT2D eigenvalue weighted by Crippen LogP contribution is -2.69. The van der Waals surface area contributed by atoms with Gasteiger partial charge in [0.25, 0.3) is 5.91 Å². The third-order valence-corrected chi connectivity index (χ3v) is 14.4. The molecule has 10 heteroatoms. The Kier molecular flexibility index (Phi) is 12.6. The summed E-state index contributed by atoms with van der Waals surface area (Å²) in [5.41, 5.74) is 0.886. The van der Waals surface area contributed by atoms with Crippen molar-refractivity contribution in [3.8, 4) is 0 Å². The zero-order chi connectivity index (χ0) is 38.3. The summed E-state index contributed by atoms with van der Waals surface area (Å²) >= 11 is 0. The summed E-state index contributed by atoms with van der Waals surface area (Å²) < 4.78 is 12.4. The van der Waals surface area contributed by atoms with Gasteiger partial charge in [-0.05, 0) is 68.5 Å². The molecule has 276 valence electrons. The largest absolute Gasteiger partial charge is 0.457 e. The van der Waals surface area contributed by atoms with Gasteiger partial charge in [-0.15, -0.1) is 0 Å². The molecule has 0 saturated carbocycles. The molecule has 0 spiro atoms. The number of hydrogen-bond acceptors (Lipinski definition) is 6. The second-order valence-corrected chi connectivity index (χ2v) is 22.2. The Morgan fingerprint density at radius 1 is 0.811 bits per heavy atom. The maximum atomic E-state index is 14.9. The van der Waals surface area contributed by atoms with E-state index in [1.165, 1.54) is 11.0 Å². The van der Waals surface area contributed by atoms with Gasteiger partial charge in [0.2, 0.25) is 5.91 Å². The fraction of sp³-hybridized carbons (Fsp3) is 0.279. The second kappa shape index (κ2) is 16.9. The van der Waals surface area contributed by atoms with Gasteiger partial charge in [-0.3, -0.25) is 14.4 Å². The zero-order valence-corrected chi connectivity index (χ0v) is 33.2. The van der Waals surface area contributed by atoms with Crippen molar-refractivity contribution in [1.29, 1.82) is 0 Å². The third kappa shape index (κ3) is 8.54. The molecule has 5 rings (SSSR count). The second-order valence-electron chi connectivity index (χ2n) is 14.5. The summed E-state index contributed by atoms with van der Waals surface area (Å²) in [5, 5.41) is 5.42. The van der Waals surface area contributed by atoms with Crippen molar-refractivity contribution < 1.29 is 28.3 Å². The zero-order valence-electron chi connectivity index (χ0n) is 31.3. The number of rotatable bonds is 15. The summed E-state index contributed by atoms with van der Waals surface area (Å²) in [7, 11) is -2.15. The van der Waals surface area contributed by atoms with Gasteiger partial charge in [0.15, 0.2) is 14.1 Å². The van der Waals surface area contributed by atoms with Gasteiger partial charge in [0.05, 0.1) is 18.1 Å². The molecule has 0 aliphatic carbocycles. The number of hydrogen-bond donors (Lipinski definition) is 1. The van der Waals surface area contributed by atoms with Gasteiger partial charge in [-0.25, -0.2) is 4.79 Å². The van der Waals surface area contributed by atoms with E-state index in [4.69, 9.17) is 9.16 Å². The highest BCUT2D eigenvalue weighted by Crippen LogP contribution is 2.50. The minimum absolute atomic E-state index is 0.0733. The standard InChI is InChI=1S/C43H49N2O6PSi/c1-8-27-50-43(49)42(52(34-21-12-9-13-22-34,35-23-14-10-15-24-35)36-25-16-11-17-26-36)45-37(39(41(45)48)31(4)51-53(5,6)7)29-38(46)32-19-18-20-33(28-32)40(47)44-30(2)3/h8-26,28,30-31,37,39H,1,27,29H2,2-7H3,(H,44,47). The maximum Gasteiger partial charge on any atom is 0.356 e. The highest BCUT2D eigenvalue weighted by atomic mass is 31.2. The summed E-state index contributed by atoms with van der Waals surface area (Å²) in [6.45, 7) is 12.3. The number of carbonyl (C=O) groups excluding carboxylic acids is 4. The molecule has 3 atom stereocenters. The van der Waals surface area contributed by atoms with Crippen LogP contribution in [0.5, 0.6) is 0 Å². The first kappa shape index (κ1) is 39.4. The molecule has 0 radical (unpaired) electrons. The summed E-state index contributed by atoms with van der Waals surface area (Å²) in [5.74, 6) is -2.24. The molecule has 0 bridgehead atoms. The molecule has 1 N–H and O–H groups in total. The van der Waals surface area contributed by atoms with Gasteiger partial charge >= 0.3 is 5.97 Å². The van der Waals surface area contributed by atoms with E-state index < -0.39 is 39.2 Å². The predicted octanol–water partition coefficient (Wildman–Crippen LogP) is 6.32. The number of β-lactam (4-membered cyclic amide) rings is 1. The van der Waals surface area contributed by atoms with Crippen molar-refractivity contribution in [3.63, 3.8) is 0 Å². The SMILES string of the molecule is C=CCOC(=O)C(N1C(=O)C(C(C)O[Si](C)(C)C)C1CC(=O)c1cccc(C(=O)NC(C)C)c1)=P(c1ccccc1)(c1ccccc1)c1ccccc1. The third-order valence-electron chi connectivity index (χ3n) is 9.07.